The van der Waals surface area contributed by atoms with Gasteiger partial charge in [-0.25, -0.2) is 0 Å². The number of aromatic nitrogens is 2. The summed E-state index contributed by atoms with van der Waals surface area (Å²) in [6.07, 6.45) is 3.43. The summed E-state index contributed by atoms with van der Waals surface area (Å²) in [7, 11) is 0. The first-order valence-electron chi connectivity index (χ1n) is 8.23. The van der Waals surface area contributed by atoms with Crippen LogP contribution in [0.25, 0.3) is 11.4 Å². The number of hydrogen-bond donors (Lipinski definition) is 1. The monoisotopic (exact) mass is 382 g/mol. The predicted octanol–water partition coefficient (Wildman–Crippen LogP) is 3.01. The maximum Gasteiger partial charge on any atom is 0.242 e. The molecule has 2 heterocycles. The molecular formula is C17H20Cl2N4O2. The fourth-order valence-corrected chi connectivity index (χ4v) is 3.27. The second kappa shape index (κ2) is 6.94. The van der Waals surface area contributed by atoms with Crippen molar-refractivity contribution in [2.45, 2.75) is 37.1 Å². The third kappa shape index (κ3) is 3.66. The molecule has 2 fully saturated rings. The van der Waals surface area contributed by atoms with Crippen LogP contribution in [-0.4, -0.2) is 39.6 Å². The zero-order valence-electron chi connectivity index (χ0n) is 13.7. The zero-order valence-corrected chi connectivity index (χ0v) is 15.2. The Morgan fingerprint density at radius 2 is 2.04 bits per heavy atom. The van der Waals surface area contributed by atoms with E-state index in [0.717, 1.165) is 37.8 Å². The summed E-state index contributed by atoms with van der Waals surface area (Å²) in [6, 6.07) is 7.31. The fourth-order valence-electron chi connectivity index (χ4n) is 3.14. The summed E-state index contributed by atoms with van der Waals surface area (Å²) in [6.45, 7) is 1.35. The molecule has 1 saturated carbocycles. The Hall–Kier alpha value is -1.63. The number of likely N-dealkylation sites (tertiary alicyclic amines) is 1. The number of amides is 1. The Bertz CT molecular complexity index is 758. The van der Waals surface area contributed by atoms with Crippen molar-refractivity contribution in [1.29, 1.82) is 0 Å². The molecule has 0 radical (unpaired) electrons. The van der Waals surface area contributed by atoms with Gasteiger partial charge in [0.1, 0.15) is 0 Å². The van der Waals surface area contributed by atoms with Crippen molar-refractivity contribution < 1.29 is 9.32 Å². The minimum absolute atomic E-state index is 0. The van der Waals surface area contributed by atoms with Gasteiger partial charge in [-0.2, -0.15) is 4.98 Å². The number of carbonyl (C=O) groups is 1. The number of halogens is 2. The molecule has 1 unspecified atom stereocenters. The number of carbonyl (C=O) groups excluding carboxylic acids is 1. The lowest BCUT2D eigenvalue weighted by atomic mass is 9.97. The van der Waals surface area contributed by atoms with Crippen LogP contribution in [-0.2, 0) is 4.79 Å². The first-order chi connectivity index (χ1) is 11.5. The van der Waals surface area contributed by atoms with Crippen LogP contribution in [0.2, 0.25) is 5.02 Å². The first kappa shape index (κ1) is 18.2. The maximum absolute atomic E-state index is 12.4. The van der Waals surface area contributed by atoms with Gasteiger partial charge < -0.3 is 15.2 Å². The standard InChI is InChI=1S/C17H19ClN4O2.ClH/c18-13-5-3-11(4-6-13)14-20-15(24-21-14)12-2-1-9-22(10-12)16(23)17(19)7-8-17;/h3-6,12H,1-2,7-10,19H2;1H. The van der Waals surface area contributed by atoms with E-state index >= 15 is 0 Å². The van der Waals surface area contributed by atoms with Crippen LogP contribution in [0.5, 0.6) is 0 Å². The number of benzene rings is 1. The van der Waals surface area contributed by atoms with Gasteiger partial charge in [0, 0.05) is 23.7 Å². The summed E-state index contributed by atoms with van der Waals surface area (Å²) >= 11 is 5.90. The van der Waals surface area contributed by atoms with Crippen molar-refractivity contribution in [3.05, 3.63) is 35.2 Å². The average molecular weight is 383 g/mol. The van der Waals surface area contributed by atoms with E-state index in [1.54, 1.807) is 12.1 Å². The molecule has 1 atom stereocenters. The van der Waals surface area contributed by atoms with Crippen LogP contribution < -0.4 is 5.73 Å². The number of piperidine rings is 1. The first-order valence-corrected chi connectivity index (χ1v) is 8.61. The van der Waals surface area contributed by atoms with Crippen molar-refractivity contribution in [3.8, 4) is 11.4 Å². The summed E-state index contributed by atoms with van der Waals surface area (Å²) in [5.41, 5.74) is 6.28. The molecule has 1 amide bonds. The highest BCUT2D eigenvalue weighted by atomic mass is 35.5. The normalized spacial score (nSPS) is 21.5. The molecule has 1 aliphatic carbocycles. The molecule has 0 spiro atoms. The van der Waals surface area contributed by atoms with Gasteiger partial charge in [-0.1, -0.05) is 16.8 Å². The zero-order chi connectivity index (χ0) is 16.7. The molecule has 134 valence electrons. The molecule has 25 heavy (non-hydrogen) atoms. The van der Waals surface area contributed by atoms with Crippen LogP contribution in [0.4, 0.5) is 0 Å². The molecule has 4 rings (SSSR count). The number of nitrogens with two attached hydrogens (primary N) is 1. The van der Waals surface area contributed by atoms with Gasteiger partial charge in [0.25, 0.3) is 0 Å². The molecule has 6 nitrogen and oxygen atoms in total. The van der Waals surface area contributed by atoms with Gasteiger partial charge >= 0.3 is 0 Å². The molecule has 2 N–H and O–H groups in total. The lowest BCUT2D eigenvalue weighted by Gasteiger charge is -2.32. The van der Waals surface area contributed by atoms with Crippen LogP contribution in [0.15, 0.2) is 28.8 Å². The van der Waals surface area contributed by atoms with Gasteiger partial charge in [0.15, 0.2) is 0 Å². The second-order valence-corrected chi connectivity index (χ2v) is 7.15. The van der Waals surface area contributed by atoms with Crippen LogP contribution in [0.1, 0.15) is 37.5 Å². The highest BCUT2D eigenvalue weighted by molar-refractivity contribution is 6.30. The lowest BCUT2D eigenvalue weighted by molar-refractivity contribution is -0.134. The van der Waals surface area contributed by atoms with Crippen molar-refractivity contribution in [1.82, 2.24) is 15.0 Å². The van der Waals surface area contributed by atoms with E-state index in [1.807, 2.05) is 17.0 Å². The predicted molar refractivity (Wildman–Crippen MR) is 96.7 cm³/mol. The van der Waals surface area contributed by atoms with E-state index in [9.17, 15) is 4.79 Å². The van der Waals surface area contributed by atoms with E-state index in [0.29, 0.717) is 23.3 Å². The van der Waals surface area contributed by atoms with E-state index in [4.69, 9.17) is 21.9 Å². The number of hydrogen-bond acceptors (Lipinski definition) is 5. The molecule has 2 aromatic rings. The van der Waals surface area contributed by atoms with Gasteiger partial charge in [-0.3, -0.25) is 4.79 Å². The SMILES string of the molecule is Cl.NC1(C(=O)N2CCCC(c3nc(-c4ccc(Cl)cc4)no3)C2)CC1. The summed E-state index contributed by atoms with van der Waals surface area (Å²) in [5, 5.41) is 4.73. The van der Waals surface area contributed by atoms with Crippen molar-refractivity contribution >= 4 is 29.9 Å². The molecule has 1 aromatic carbocycles. The number of rotatable bonds is 3. The minimum atomic E-state index is -0.620. The van der Waals surface area contributed by atoms with Crippen LogP contribution >= 0.6 is 24.0 Å². The van der Waals surface area contributed by atoms with Gasteiger partial charge in [-0.05, 0) is 49.9 Å². The second-order valence-electron chi connectivity index (χ2n) is 6.71. The Labute approximate surface area is 157 Å². The molecule has 8 heteroatoms. The van der Waals surface area contributed by atoms with E-state index in [1.165, 1.54) is 0 Å². The van der Waals surface area contributed by atoms with Crippen LogP contribution in [0.3, 0.4) is 0 Å². The summed E-state index contributed by atoms with van der Waals surface area (Å²) in [5.74, 6) is 1.25. The highest BCUT2D eigenvalue weighted by Crippen LogP contribution is 2.36. The van der Waals surface area contributed by atoms with Gasteiger partial charge in [-0.15, -0.1) is 12.4 Å². The largest absolute Gasteiger partial charge is 0.340 e. The fraction of sp³-hybridized carbons (Fsp3) is 0.471. The molecular weight excluding hydrogens is 363 g/mol. The maximum atomic E-state index is 12.4. The highest BCUT2D eigenvalue weighted by Gasteiger charge is 2.49. The van der Waals surface area contributed by atoms with Crippen molar-refractivity contribution in [3.63, 3.8) is 0 Å². The Morgan fingerprint density at radius 3 is 2.72 bits per heavy atom. The van der Waals surface area contributed by atoms with Gasteiger partial charge in [0.2, 0.25) is 17.6 Å². The molecule has 2 aliphatic rings. The van der Waals surface area contributed by atoms with Crippen molar-refractivity contribution in [2.24, 2.45) is 5.73 Å². The molecule has 0 bridgehead atoms. The minimum Gasteiger partial charge on any atom is -0.340 e. The molecule has 1 aliphatic heterocycles. The van der Waals surface area contributed by atoms with E-state index in [2.05, 4.69) is 10.1 Å². The molecule has 1 saturated heterocycles. The smallest absolute Gasteiger partial charge is 0.242 e. The van der Waals surface area contributed by atoms with E-state index in [-0.39, 0.29) is 24.2 Å². The summed E-state index contributed by atoms with van der Waals surface area (Å²) in [4.78, 5) is 18.8. The van der Waals surface area contributed by atoms with Crippen molar-refractivity contribution in [2.75, 3.05) is 13.1 Å². The van der Waals surface area contributed by atoms with E-state index < -0.39 is 5.54 Å². The Morgan fingerprint density at radius 1 is 1.32 bits per heavy atom. The van der Waals surface area contributed by atoms with Crippen LogP contribution in [0, 0.1) is 0 Å². The molecule has 1 aromatic heterocycles. The number of nitrogens with zero attached hydrogens (tertiary/aromatic N) is 3. The lowest BCUT2D eigenvalue weighted by Crippen LogP contribution is -2.49. The topological polar surface area (TPSA) is 85.3 Å². The van der Waals surface area contributed by atoms with Gasteiger partial charge in [0.05, 0.1) is 11.5 Å². The Balaban J connectivity index is 0.00000182. The third-order valence-electron chi connectivity index (χ3n) is 4.82. The average Bonchev–Trinajstić information content (AvgIpc) is 3.17. The summed E-state index contributed by atoms with van der Waals surface area (Å²) < 4.78 is 5.45. The Kier molecular flexibility index (Phi) is 5.04. The quantitative estimate of drug-likeness (QED) is 0.881. The third-order valence-corrected chi connectivity index (χ3v) is 5.07.